The summed E-state index contributed by atoms with van der Waals surface area (Å²) in [5.41, 5.74) is 0.924. The standard InChI is InChI=1S/C23H30N2O5/c1-15-5-6-20-18(12-15)19(27)13-23(30-20)8-7-21(28)25(11-9-23)16(2)22(29)24-10-3-4-17(26)14-24/h5-6,12,16-17,26H,3-4,7-11,13-14H2,1-2H3/t16-,17+,23-/m1/s1. The molecule has 3 aliphatic rings. The van der Waals surface area contributed by atoms with E-state index in [4.69, 9.17) is 4.74 Å². The Morgan fingerprint density at radius 2 is 2.07 bits per heavy atom. The molecule has 0 unspecified atom stereocenters. The van der Waals surface area contributed by atoms with Crippen molar-refractivity contribution < 1.29 is 24.2 Å². The normalized spacial score (nSPS) is 28.0. The second-order valence-electron chi connectivity index (χ2n) is 8.98. The van der Waals surface area contributed by atoms with Gasteiger partial charge < -0.3 is 19.6 Å². The highest BCUT2D eigenvalue weighted by atomic mass is 16.5. The van der Waals surface area contributed by atoms with Crippen LogP contribution >= 0.6 is 0 Å². The summed E-state index contributed by atoms with van der Waals surface area (Å²) in [5, 5.41) is 9.88. The number of ether oxygens (including phenoxy) is 1. The molecule has 1 aromatic carbocycles. The first-order valence-electron chi connectivity index (χ1n) is 10.9. The van der Waals surface area contributed by atoms with Crippen LogP contribution in [0.2, 0.25) is 0 Å². The first-order chi connectivity index (χ1) is 14.3. The van der Waals surface area contributed by atoms with Crippen molar-refractivity contribution in [1.29, 1.82) is 0 Å². The number of benzene rings is 1. The summed E-state index contributed by atoms with van der Waals surface area (Å²) in [6.07, 6.45) is 2.45. The largest absolute Gasteiger partial charge is 0.486 e. The number of rotatable bonds is 2. The lowest BCUT2D eigenvalue weighted by atomic mass is 9.84. The van der Waals surface area contributed by atoms with Gasteiger partial charge >= 0.3 is 0 Å². The number of Topliss-reactive ketones (excluding diaryl/α,β-unsaturated/α-hetero) is 1. The fourth-order valence-corrected chi connectivity index (χ4v) is 4.90. The average Bonchev–Trinajstić information content (AvgIpc) is 2.87. The predicted molar refractivity (Wildman–Crippen MR) is 110 cm³/mol. The van der Waals surface area contributed by atoms with Crippen LogP contribution in [0.25, 0.3) is 0 Å². The summed E-state index contributed by atoms with van der Waals surface area (Å²) in [7, 11) is 0. The average molecular weight is 415 g/mol. The van der Waals surface area contributed by atoms with Gasteiger partial charge in [0.2, 0.25) is 11.8 Å². The Balaban J connectivity index is 1.48. The van der Waals surface area contributed by atoms with Gasteiger partial charge in [-0.1, -0.05) is 11.6 Å². The molecule has 0 radical (unpaired) electrons. The fourth-order valence-electron chi connectivity index (χ4n) is 4.90. The van der Waals surface area contributed by atoms with Crippen molar-refractivity contribution in [1.82, 2.24) is 9.80 Å². The third kappa shape index (κ3) is 3.95. The van der Waals surface area contributed by atoms with Crippen LogP contribution in [0.15, 0.2) is 18.2 Å². The van der Waals surface area contributed by atoms with E-state index in [0.29, 0.717) is 50.2 Å². The van der Waals surface area contributed by atoms with Crippen LogP contribution in [0.1, 0.15) is 61.4 Å². The summed E-state index contributed by atoms with van der Waals surface area (Å²) in [5.74, 6) is 0.423. The van der Waals surface area contributed by atoms with Gasteiger partial charge in [0.1, 0.15) is 17.4 Å². The van der Waals surface area contributed by atoms with Crippen LogP contribution in [0.4, 0.5) is 0 Å². The molecular formula is C23H30N2O5. The highest BCUT2D eigenvalue weighted by Crippen LogP contribution is 2.40. The fraction of sp³-hybridized carbons (Fsp3) is 0.609. The second kappa shape index (κ2) is 8.02. The van der Waals surface area contributed by atoms with Crippen molar-refractivity contribution in [2.45, 2.75) is 70.1 Å². The molecule has 0 bridgehead atoms. The van der Waals surface area contributed by atoms with Crippen LogP contribution in [-0.2, 0) is 9.59 Å². The maximum absolute atomic E-state index is 13.0. The zero-order valence-electron chi connectivity index (χ0n) is 17.7. The minimum atomic E-state index is -0.701. The monoisotopic (exact) mass is 414 g/mol. The molecule has 2 amide bonds. The molecule has 3 heterocycles. The highest BCUT2D eigenvalue weighted by molar-refractivity contribution is 6.00. The van der Waals surface area contributed by atoms with Crippen molar-refractivity contribution in [2.24, 2.45) is 0 Å². The van der Waals surface area contributed by atoms with E-state index in [1.807, 2.05) is 25.1 Å². The Kier molecular flexibility index (Phi) is 5.57. The number of carbonyl (C=O) groups is 3. The van der Waals surface area contributed by atoms with Gasteiger partial charge in [0, 0.05) is 32.5 Å². The molecule has 0 aromatic heterocycles. The number of aryl methyl sites for hydroxylation is 1. The molecule has 1 spiro atoms. The van der Waals surface area contributed by atoms with Crippen molar-refractivity contribution in [3.05, 3.63) is 29.3 Å². The molecule has 3 atom stereocenters. The van der Waals surface area contributed by atoms with Gasteiger partial charge in [-0.2, -0.15) is 0 Å². The molecule has 2 saturated heterocycles. The molecule has 7 heteroatoms. The molecule has 3 aliphatic heterocycles. The number of nitrogens with zero attached hydrogens (tertiary/aromatic N) is 2. The smallest absolute Gasteiger partial charge is 0.245 e. The van der Waals surface area contributed by atoms with E-state index >= 15 is 0 Å². The number of aliphatic hydroxyl groups excluding tert-OH is 1. The Morgan fingerprint density at radius 3 is 2.83 bits per heavy atom. The van der Waals surface area contributed by atoms with E-state index in [1.165, 1.54) is 0 Å². The number of hydrogen-bond donors (Lipinski definition) is 1. The van der Waals surface area contributed by atoms with Crippen LogP contribution in [0.5, 0.6) is 5.75 Å². The van der Waals surface area contributed by atoms with Crippen LogP contribution in [-0.4, -0.2) is 69.9 Å². The lowest BCUT2D eigenvalue weighted by molar-refractivity contribution is -0.146. The van der Waals surface area contributed by atoms with Gasteiger partial charge in [-0.3, -0.25) is 14.4 Å². The maximum Gasteiger partial charge on any atom is 0.245 e. The van der Waals surface area contributed by atoms with E-state index in [-0.39, 0.29) is 30.4 Å². The summed E-state index contributed by atoms with van der Waals surface area (Å²) in [4.78, 5) is 41.9. The molecule has 4 rings (SSSR count). The van der Waals surface area contributed by atoms with Gasteiger partial charge in [0.15, 0.2) is 5.78 Å². The van der Waals surface area contributed by atoms with Gasteiger partial charge in [-0.05, 0) is 45.2 Å². The highest BCUT2D eigenvalue weighted by Gasteiger charge is 2.44. The zero-order chi connectivity index (χ0) is 21.5. The topological polar surface area (TPSA) is 87.2 Å². The SMILES string of the molecule is Cc1ccc2c(c1)C(=O)C[C@]1(CCC(=O)N([C@H](C)C(=O)N3CCC[C@H](O)C3)CC1)O2. The summed E-state index contributed by atoms with van der Waals surface area (Å²) >= 11 is 0. The summed E-state index contributed by atoms with van der Waals surface area (Å²) in [6, 6.07) is 5.02. The summed E-state index contributed by atoms with van der Waals surface area (Å²) in [6.45, 7) is 5.00. The molecule has 7 nitrogen and oxygen atoms in total. The number of aliphatic hydroxyl groups is 1. The lowest BCUT2D eigenvalue weighted by Crippen LogP contribution is -2.52. The van der Waals surface area contributed by atoms with Crippen LogP contribution < -0.4 is 4.74 Å². The quantitative estimate of drug-likeness (QED) is 0.801. The van der Waals surface area contributed by atoms with Crippen molar-refractivity contribution >= 4 is 17.6 Å². The van der Waals surface area contributed by atoms with Gasteiger partial charge in [0.05, 0.1) is 18.1 Å². The van der Waals surface area contributed by atoms with E-state index in [2.05, 4.69) is 0 Å². The van der Waals surface area contributed by atoms with Crippen molar-refractivity contribution in [3.8, 4) is 5.75 Å². The Labute approximate surface area is 177 Å². The molecule has 0 saturated carbocycles. The Hall–Kier alpha value is -2.41. The number of β-amino-alcohol motifs (C(OH)–C–C–N with tert-alkyl or cyclic N) is 1. The number of hydrogen-bond acceptors (Lipinski definition) is 5. The number of piperidine rings is 1. The maximum atomic E-state index is 13.0. The second-order valence-corrected chi connectivity index (χ2v) is 8.98. The van der Waals surface area contributed by atoms with Gasteiger partial charge in [0.25, 0.3) is 0 Å². The van der Waals surface area contributed by atoms with Crippen LogP contribution in [0, 0.1) is 6.92 Å². The summed E-state index contributed by atoms with van der Waals surface area (Å²) < 4.78 is 6.30. The minimum absolute atomic E-state index is 0.0484. The first kappa shape index (κ1) is 20.8. The third-order valence-electron chi connectivity index (χ3n) is 6.70. The molecular weight excluding hydrogens is 384 g/mol. The molecule has 30 heavy (non-hydrogen) atoms. The number of fused-ring (bicyclic) bond motifs is 1. The Morgan fingerprint density at radius 1 is 1.27 bits per heavy atom. The number of likely N-dealkylation sites (tertiary alicyclic amines) is 2. The molecule has 1 aromatic rings. The van der Waals surface area contributed by atoms with E-state index in [1.54, 1.807) is 16.7 Å². The van der Waals surface area contributed by atoms with Gasteiger partial charge in [-0.25, -0.2) is 0 Å². The predicted octanol–water partition coefficient (Wildman–Crippen LogP) is 2.08. The molecule has 0 aliphatic carbocycles. The number of amides is 2. The van der Waals surface area contributed by atoms with Crippen LogP contribution in [0.3, 0.4) is 0 Å². The molecule has 162 valence electrons. The third-order valence-corrected chi connectivity index (χ3v) is 6.70. The van der Waals surface area contributed by atoms with Gasteiger partial charge in [-0.15, -0.1) is 0 Å². The van der Waals surface area contributed by atoms with Crippen molar-refractivity contribution in [3.63, 3.8) is 0 Å². The van der Waals surface area contributed by atoms with E-state index in [9.17, 15) is 19.5 Å². The lowest BCUT2D eigenvalue weighted by Gasteiger charge is -2.38. The van der Waals surface area contributed by atoms with E-state index in [0.717, 1.165) is 12.0 Å². The zero-order valence-corrected chi connectivity index (χ0v) is 17.7. The van der Waals surface area contributed by atoms with E-state index < -0.39 is 17.7 Å². The number of ketones is 1. The number of carbonyl (C=O) groups excluding carboxylic acids is 3. The minimum Gasteiger partial charge on any atom is -0.486 e. The first-order valence-corrected chi connectivity index (χ1v) is 10.9. The van der Waals surface area contributed by atoms with Crippen molar-refractivity contribution in [2.75, 3.05) is 19.6 Å². The molecule has 1 N–H and O–H groups in total. The Bertz CT molecular complexity index is 869. The molecule has 2 fully saturated rings.